The third-order valence-corrected chi connectivity index (χ3v) is 5.55. The maximum Gasteiger partial charge on any atom is 0.0723 e. The zero-order valence-corrected chi connectivity index (χ0v) is 16.1. The summed E-state index contributed by atoms with van der Waals surface area (Å²) < 4.78 is 0. The molecule has 0 radical (unpaired) electrons. The van der Waals surface area contributed by atoms with E-state index in [2.05, 4.69) is 54.9 Å². The predicted molar refractivity (Wildman–Crippen MR) is 113 cm³/mol. The first-order valence-corrected chi connectivity index (χ1v) is 9.65. The average Bonchev–Trinajstić information content (AvgIpc) is 2.61. The number of hydrogen-bond donors (Lipinski definition) is 0. The van der Waals surface area contributed by atoms with Gasteiger partial charge >= 0.3 is 0 Å². The van der Waals surface area contributed by atoms with Gasteiger partial charge in [0.15, 0.2) is 0 Å². The van der Waals surface area contributed by atoms with Crippen LogP contribution in [-0.2, 0) is 0 Å². The largest absolute Gasteiger partial charge is 0.287 e. The van der Waals surface area contributed by atoms with Crippen LogP contribution in [0.4, 0.5) is 0 Å². The Kier molecular flexibility index (Phi) is 6.30. The second-order valence-electron chi connectivity index (χ2n) is 6.23. The second-order valence-corrected chi connectivity index (χ2v) is 7.48. The number of aliphatic imine (C=N–C) groups is 2. The molecule has 1 aliphatic rings. The second kappa shape index (κ2) is 8.65. The Labute approximate surface area is 149 Å². The molecular weight excluding hydrogens is 330 g/mol. The lowest BCUT2D eigenvalue weighted by Gasteiger charge is -2.25. The lowest BCUT2D eigenvalue weighted by atomic mass is 9.91. The van der Waals surface area contributed by atoms with Crippen LogP contribution in [-0.4, -0.2) is 24.5 Å². The van der Waals surface area contributed by atoms with Crippen molar-refractivity contribution in [2.75, 3.05) is 0 Å². The molecule has 4 heteroatoms. The van der Waals surface area contributed by atoms with Gasteiger partial charge in [0.1, 0.15) is 0 Å². The normalized spacial score (nSPS) is 21.6. The van der Waals surface area contributed by atoms with Crippen molar-refractivity contribution in [1.82, 2.24) is 0 Å². The Morgan fingerprint density at radius 2 is 1.12 bits per heavy atom. The molecule has 2 unspecified atom stereocenters. The molecule has 2 aromatic carbocycles. The van der Waals surface area contributed by atoms with E-state index in [1.807, 2.05) is 24.6 Å². The molecule has 2 nitrogen and oxygen atoms in total. The molecule has 0 aromatic heterocycles. The van der Waals surface area contributed by atoms with Crippen LogP contribution in [0.2, 0.25) is 0 Å². The minimum absolute atomic E-state index is 0.288. The lowest BCUT2D eigenvalue weighted by Crippen LogP contribution is -2.27. The highest BCUT2D eigenvalue weighted by Crippen LogP contribution is 2.24. The fourth-order valence-corrected chi connectivity index (χ4v) is 3.61. The number of hydrogen-bond acceptors (Lipinski definition) is 2. The van der Waals surface area contributed by atoms with E-state index in [1.165, 1.54) is 34.6 Å². The van der Waals surface area contributed by atoms with Crippen molar-refractivity contribution in [1.29, 1.82) is 0 Å². The molecule has 0 spiro atoms. The quantitative estimate of drug-likeness (QED) is 0.593. The van der Waals surface area contributed by atoms with Crippen molar-refractivity contribution in [3.63, 3.8) is 0 Å². The smallest absolute Gasteiger partial charge is 0.0723 e. The maximum absolute atomic E-state index is 4.87. The molecule has 0 saturated heterocycles. The van der Waals surface area contributed by atoms with E-state index in [0.717, 1.165) is 12.8 Å². The summed E-state index contributed by atoms with van der Waals surface area (Å²) in [6.07, 6.45) is 8.78. The molecule has 3 rings (SSSR count). The van der Waals surface area contributed by atoms with Gasteiger partial charge in [-0.25, -0.2) is 0 Å². The van der Waals surface area contributed by atoms with Gasteiger partial charge < -0.3 is 0 Å². The molecule has 1 aliphatic carbocycles. The van der Waals surface area contributed by atoms with E-state index in [1.54, 1.807) is 0 Å². The van der Waals surface area contributed by atoms with Crippen LogP contribution >= 0.6 is 18.5 Å². The molecular formula is C20H24N2P2. The van der Waals surface area contributed by atoms with Gasteiger partial charge in [-0.2, -0.15) is 0 Å². The highest BCUT2D eigenvalue weighted by atomic mass is 31.0. The Hall–Kier alpha value is -1.36. The van der Waals surface area contributed by atoms with E-state index >= 15 is 0 Å². The molecule has 2 aromatic rings. The molecule has 124 valence electrons. The van der Waals surface area contributed by atoms with E-state index in [9.17, 15) is 0 Å². The minimum atomic E-state index is 0.288. The standard InChI is InChI=1S/C20H24N2P2/c23-19-11-5-1-7-15(19)13-21-17-9-3-4-10-18(17)22-14-16-8-2-6-12-20(16)24/h1-2,5-8,11-14,17-18H,3-4,9-10,23-24H2/t17-,18-/m0/s1. The van der Waals surface area contributed by atoms with Crippen LogP contribution in [0.3, 0.4) is 0 Å². The van der Waals surface area contributed by atoms with Crippen LogP contribution in [0.1, 0.15) is 36.8 Å². The van der Waals surface area contributed by atoms with Crippen LogP contribution < -0.4 is 10.6 Å². The summed E-state index contributed by atoms with van der Waals surface area (Å²) in [5.41, 5.74) is 2.34. The van der Waals surface area contributed by atoms with Gasteiger partial charge in [0.25, 0.3) is 0 Å². The molecule has 1 saturated carbocycles. The molecule has 24 heavy (non-hydrogen) atoms. The number of rotatable bonds is 4. The van der Waals surface area contributed by atoms with Crippen molar-refractivity contribution < 1.29 is 0 Å². The van der Waals surface area contributed by atoms with Crippen LogP contribution in [0.15, 0.2) is 58.5 Å². The Morgan fingerprint density at radius 3 is 1.54 bits per heavy atom. The summed E-state index contributed by atoms with van der Waals surface area (Å²) in [6, 6.07) is 17.2. The van der Waals surface area contributed by atoms with E-state index in [-0.39, 0.29) is 12.1 Å². The first-order chi connectivity index (χ1) is 11.7. The zero-order valence-electron chi connectivity index (χ0n) is 13.8. The highest BCUT2D eigenvalue weighted by molar-refractivity contribution is 7.28. The zero-order chi connectivity index (χ0) is 16.8. The molecule has 4 atom stereocenters. The van der Waals surface area contributed by atoms with Crippen molar-refractivity contribution >= 4 is 41.5 Å². The monoisotopic (exact) mass is 354 g/mol. The number of benzene rings is 2. The lowest BCUT2D eigenvalue weighted by molar-refractivity contribution is 0.390. The fourth-order valence-electron chi connectivity index (χ4n) is 3.05. The molecule has 0 amide bonds. The summed E-state index contributed by atoms with van der Waals surface area (Å²) in [5.74, 6) is 0. The molecule has 0 heterocycles. The Bertz CT molecular complexity index is 676. The molecule has 1 fully saturated rings. The van der Waals surface area contributed by atoms with Gasteiger partial charge in [0, 0.05) is 12.4 Å². The summed E-state index contributed by atoms with van der Waals surface area (Å²) in [5, 5.41) is 2.38. The van der Waals surface area contributed by atoms with Crippen molar-refractivity contribution in [3.05, 3.63) is 59.7 Å². The fraction of sp³-hybridized carbons (Fsp3) is 0.300. The van der Waals surface area contributed by atoms with E-state index < -0.39 is 0 Å². The van der Waals surface area contributed by atoms with Crippen LogP contribution in [0.5, 0.6) is 0 Å². The van der Waals surface area contributed by atoms with Gasteiger partial charge in [-0.3, -0.25) is 9.98 Å². The predicted octanol–water partition coefficient (Wildman–Crippen LogP) is 3.54. The summed E-state index contributed by atoms with van der Waals surface area (Å²) in [6.45, 7) is 0. The summed E-state index contributed by atoms with van der Waals surface area (Å²) in [4.78, 5) is 9.75. The van der Waals surface area contributed by atoms with Gasteiger partial charge in [-0.05, 0) is 34.6 Å². The van der Waals surface area contributed by atoms with Gasteiger partial charge in [0.05, 0.1) is 12.1 Å². The first-order valence-electron chi connectivity index (χ1n) is 8.49. The van der Waals surface area contributed by atoms with Gasteiger partial charge in [-0.1, -0.05) is 61.4 Å². The van der Waals surface area contributed by atoms with E-state index in [4.69, 9.17) is 9.98 Å². The third-order valence-electron chi connectivity index (χ3n) is 4.50. The maximum atomic E-state index is 4.87. The van der Waals surface area contributed by atoms with Crippen molar-refractivity contribution in [2.45, 2.75) is 37.8 Å². The van der Waals surface area contributed by atoms with Crippen molar-refractivity contribution in [3.8, 4) is 0 Å². The molecule has 0 N–H and O–H groups in total. The highest BCUT2D eigenvalue weighted by Gasteiger charge is 2.23. The van der Waals surface area contributed by atoms with Crippen LogP contribution in [0.25, 0.3) is 0 Å². The molecule has 0 bridgehead atoms. The van der Waals surface area contributed by atoms with Crippen LogP contribution in [0, 0.1) is 0 Å². The SMILES string of the molecule is Pc1ccccc1C=N[C@H]1CCCC[C@@H]1N=Cc1ccccc1P. The first kappa shape index (κ1) is 17.5. The topological polar surface area (TPSA) is 24.7 Å². The Balaban J connectivity index is 1.74. The van der Waals surface area contributed by atoms with Gasteiger partial charge in [-0.15, -0.1) is 18.5 Å². The minimum Gasteiger partial charge on any atom is -0.287 e. The van der Waals surface area contributed by atoms with E-state index in [0.29, 0.717) is 0 Å². The van der Waals surface area contributed by atoms with Gasteiger partial charge in [0.2, 0.25) is 0 Å². The summed E-state index contributed by atoms with van der Waals surface area (Å²) >= 11 is 0. The molecule has 0 aliphatic heterocycles. The number of nitrogens with zero attached hydrogens (tertiary/aromatic N) is 2. The Morgan fingerprint density at radius 1 is 0.708 bits per heavy atom. The third kappa shape index (κ3) is 4.59. The average molecular weight is 354 g/mol. The summed E-state index contributed by atoms with van der Waals surface area (Å²) in [7, 11) is 5.55. The van der Waals surface area contributed by atoms with Crippen molar-refractivity contribution in [2.24, 2.45) is 9.98 Å².